The van der Waals surface area contributed by atoms with Crippen LogP contribution in [0.2, 0.25) is 0 Å². The summed E-state index contributed by atoms with van der Waals surface area (Å²) in [6.07, 6.45) is 9.14. The first-order valence-electron chi connectivity index (χ1n) is 12.2. The number of carbonyl (C=O) groups excluding carboxylic acids is 1. The summed E-state index contributed by atoms with van der Waals surface area (Å²) >= 11 is 0. The topological polar surface area (TPSA) is 87.8 Å². The second-order valence-corrected chi connectivity index (χ2v) is 9.05. The molecule has 1 fully saturated rings. The smallest absolute Gasteiger partial charge is 0.266 e. The predicted molar refractivity (Wildman–Crippen MR) is 142 cm³/mol. The molecule has 1 aliphatic rings. The van der Waals surface area contributed by atoms with E-state index in [2.05, 4.69) is 11.4 Å². The number of aromatic nitrogens is 2. The van der Waals surface area contributed by atoms with Crippen molar-refractivity contribution in [2.24, 2.45) is 0 Å². The summed E-state index contributed by atoms with van der Waals surface area (Å²) in [4.78, 5) is 31.3. The van der Waals surface area contributed by atoms with Crippen molar-refractivity contribution in [2.45, 2.75) is 38.1 Å². The number of para-hydroxylation sites is 1. The highest BCUT2D eigenvalue weighted by Crippen LogP contribution is 2.20. The number of hydrogen-bond donors (Lipinski definition) is 1. The molecule has 1 aliphatic carbocycles. The molecule has 0 spiro atoms. The van der Waals surface area contributed by atoms with Gasteiger partial charge in [-0.15, -0.1) is 0 Å². The maximum Gasteiger partial charge on any atom is 0.266 e. The number of hydrogen-bond acceptors (Lipinski definition) is 4. The van der Waals surface area contributed by atoms with Gasteiger partial charge in [-0.25, -0.2) is 4.98 Å². The standard InChI is InChI=1S/C30H26N4O2/c31-20-22-15-13-21(14-16-22)17-18-28-33-27-12-5-4-11-26(27)30(36)34(28)25-10-6-7-23(19-25)29(35)32-24-8-2-1-3-9-24/h4-7,10-19,24H,1-3,8-9H2,(H,32,35)/b18-17+. The number of nitriles is 1. The third-order valence-corrected chi connectivity index (χ3v) is 6.57. The lowest BCUT2D eigenvalue weighted by Crippen LogP contribution is -2.36. The zero-order valence-corrected chi connectivity index (χ0v) is 19.9. The number of fused-ring (bicyclic) bond motifs is 1. The van der Waals surface area contributed by atoms with E-state index in [4.69, 9.17) is 10.2 Å². The van der Waals surface area contributed by atoms with E-state index < -0.39 is 0 Å². The Morgan fingerprint density at radius 2 is 1.75 bits per heavy atom. The summed E-state index contributed by atoms with van der Waals surface area (Å²) in [7, 11) is 0. The molecule has 0 saturated heterocycles. The van der Waals surface area contributed by atoms with Gasteiger partial charge >= 0.3 is 0 Å². The molecule has 6 heteroatoms. The van der Waals surface area contributed by atoms with Crippen LogP contribution < -0.4 is 10.9 Å². The molecule has 1 saturated carbocycles. The van der Waals surface area contributed by atoms with E-state index in [0.717, 1.165) is 31.2 Å². The summed E-state index contributed by atoms with van der Waals surface area (Å²) in [5.41, 5.74) is 2.95. The molecule has 5 rings (SSSR count). The number of benzene rings is 3. The average Bonchev–Trinajstić information content (AvgIpc) is 2.93. The summed E-state index contributed by atoms with van der Waals surface area (Å²) in [5.74, 6) is 0.327. The molecule has 1 aromatic heterocycles. The Balaban J connectivity index is 1.55. The average molecular weight is 475 g/mol. The van der Waals surface area contributed by atoms with Gasteiger partial charge in [0.1, 0.15) is 5.82 Å². The second-order valence-electron chi connectivity index (χ2n) is 9.05. The molecular formula is C30H26N4O2. The molecular weight excluding hydrogens is 448 g/mol. The zero-order valence-electron chi connectivity index (χ0n) is 19.9. The fourth-order valence-corrected chi connectivity index (χ4v) is 4.65. The lowest BCUT2D eigenvalue weighted by molar-refractivity contribution is 0.0927. The van der Waals surface area contributed by atoms with E-state index in [1.54, 1.807) is 47.0 Å². The van der Waals surface area contributed by atoms with Crippen molar-refractivity contribution in [1.29, 1.82) is 5.26 Å². The molecule has 1 N–H and O–H groups in total. The van der Waals surface area contributed by atoms with Crippen LogP contribution in [0, 0.1) is 11.3 Å². The van der Waals surface area contributed by atoms with Gasteiger partial charge in [0, 0.05) is 11.6 Å². The fraction of sp³-hybridized carbons (Fsp3) is 0.200. The van der Waals surface area contributed by atoms with Crippen LogP contribution in [0.15, 0.2) is 77.6 Å². The van der Waals surface area contributed by atoms with Crippen molar-refractivity contribution >= 4 is 29.0 Å². The van der Waals surface area contributed by atoms with E-state index >= 15 is 0 Å². The Hall–Kier alpha value is -4.50. The molecule has 0 atom stereocenters. The van der Waals surface area contributed by atoms with Crippen LogP contribution >= 0.6 is 0 Å². The monoisotopic (exact) mass is 474 g/mol. The maximum atomic E-state index is 13.6. The molecule has 178 valence electrons. The van der Waals surface area contributed by atoms with Crippen molar-refractivity contribution < 1.29 is 4.79 Å². The van der Waals surface area contributed by atoms with Crippen LogP contribution in [0.5, 0.6) is 0 Å². The predicted octanol–water partition coefficient (Wildman–Crippen LogP) is 5.49. The minimum atomic E-state index is -0.204. The van der Waals surface area contributed by atoms with Crippen molar-refractivity contribution in [3.8, 4) is 11.8 Å². The van der Waals surface area contributed by atoms with Gasteiger partial charge in [0.15, 0.2) is 0 Å². The molecule has 3 aromatic carbocycles. The lowest BCUT2D eigenvalue weighted by atomic mass is 9.95. The highest BCUT2D eigenvalue weighted by Gasteiger charge is 2.18. The zero-order chi connectivity index (χ0) is 24.9. The van der Waals surface area contributed by atoms with Crippen LogP contribution in [0.4, 0.5) is 0 Å². The Morgan fingerprint density at radius 3 is 2.53 bits per heavy atom. The van der Waals surface area contributed by atoms with E-state index in [9.17, 15) is 9.59 Å². The fourth-order valence-electron chi connectivity index (χ4n) is 4.65. The summed E-state index contributed by atoms with van der Waals surface area (Å²) in [6, 6.07) is 23.8. The minimum absolute atomic E-state index is 0.125. The summed E-state index contributed by atoms with van der Waals surface area (Å²) < 4.78 is 1.54. The molecule has 6 nitrogen and oxygen atoms in total. The molecule has 0 unspecified atom stereocenters. The highest BCUT2D eigenvalue weighted by atomic mass is 16.1. The molecule has 0 bridgehead atoms. The van der Waals surface area contributed by atoms with Crippen molar-refractivity contribution in [1.82, 2.24) is 14.9 Å². The number of nitrogens with zero attached hydrogens (tertiary/aromatic N) is 3. The number of rotatable bonds is 5. The third kappa shape index (κ3) is 4.96. The third-order valence-electron chi connectivity index (χ3n) is 6.57. The largest absolute Gasteiger partial charge is 0.349 e. The Morgan fingerprint density at radius 1 is 0.972 bits per heavy atom. The van der Waals surface area contributed by atoms with Crippen LogP contribution in [0.25, 0.3) is 28.7 Å². The van der Waals surface area contributed by atoms with E-state index in [0.29, 0.717) is 33.5 Å². The SMILES string of the molecule is N#Cc1ccc(/C=C/c2nc3ccccc3c(=O)n2-c2cccc(C(=O)NC3CCCCC3)c2)cc1. The Labute approximate surface area is 209 Å². The maximum absolute atomic E-state index is 13.6. The first kappa shape index (κ1) is 23.3. The first-order valence-corrected chi connectivity index (χ1v) is 12.2. The van der Waals surface area contributed by atoms with E-state index in [1.165, 1.54) is 6.42 Å². The number of nitrogens with one attached hydrogen (secondary N) is 1. The quantitative estimate of drug-likeness (QED) is 0.414. The summed E-state index contributed by atoms with van der Waals surface area (Å²) in [6.45, 7) is 0. The van der Waals surface area contributed by atoms with Gasteiger partial charge in [-0.3, -0.25) is 14.2 Å². The highest BCUT2D eigenvalue weighted by molar-refractivity contribution is 5.95. The van der Waals surface area contributed by atoms with Crippen molar-refractivity contribution in [3.05, 3.63) is 106 Å². The Kier molecular flexibility index (Phi) is 6.72. The van der Waals surface area contributed by atoms with Gasteiger partial charge in [0.2, 0.25) is 0 Å². The molecule has 1 amide bonds. The Bertz CT molecular complexity index is 1540. The van der Waals surface area contributed by atoms with Gasteiger partial charge in [-0.1, -0.05) is 55.7 Å². The molecule has 1 heterocycles. The normalized spacial score (nSPS) is 14.1. The van der Waals surface area contributed by atoms with Gasteiger partial charge in [0.05, 0.1) is 28.2 Å². The molecule has 4 aromatic rings. The van der Waals surface area contributed by atoms with Gasteiger partial charge in [-0.05, 0) is 66.9 Å². The van der Waals surface area contributed by atoms with Crippen LogP contribution in [-0.4, -0.2) is 21.5 Å². The van der Waals surface area contributed by atoms with Gasteiger partial charge in [0.25, 0.3) is 11.5 Å². The second kappa shape index (κ2) is 10.4. The summed E-state index contributed by atoms with van der Waals surface area (Å²) in [5, 5.41) is 12.7. The minimum Gasteiger partial charge on any atom is -0.349 e. The first-order chi connectivity index (χ1) is 17.6. The number of carbonyl (C=O) groups is 1. The van der Waals surface area contributed by atoms with E-state index in [1.807, 2.05) is 42.5 Å². The molecule has 0 radical (unpaired) electrons. The van der Waals surface area contributed by atoms with Crippen LogP contribution in [0.1, 0.15) is 59.4 Å². The van der Waals surface area contributed by atoms with Crippen LogP contribution in [-0.2, 0) is 0 Å². The van der Waals surface area contributed by atoms with Crippen molar-refractivity contribution in [3.63, 3.8) is 0 Å². The van der Waals surface area contributed by atoms with Gasteiger partial charge in [-0.2, -0.15) is 5.26 Å². The number of amides is 1. The lowest BCUT2D eigenvalue weighted by Gasteiger charge is -2.23. The molecule has 0 aliphatic heterocycles. The van der Waals surface area contributed by atoms with Gasteiger partial charge < -0.3 is 5.32 Å². The molecule has 36 heavy (non-hydrogen) atoms. The van der Waals surface area contributed by atoms with Crippen LogP contribution in [0.3, 0.4) is 0 Å². The van der Waals surface area contributed by atoms with E-state index in [-0.39, 0.29) is 17.5 Å². The van der Waals surface area contributed by atoms with Crippen molar-refractivity contribution in [2.75, 3.05) is 0 Å².